The van der Waals surface area contributed by atoms with Crippen molar-refractivity contribution in [2.75, 3.05) is 40.3 Å². The highest BCUT2D eigenvalue weighted by Gasteiger charge is 2.30. The van der Waals surface area contributed by atoms with E-state index in [0.717, 1.165) is 32.5 Å². The summed E-state index contributed by atoms with van der Waals surface area (Å²) in [5.74, 6) is 0.271. The molecule has 1 aromatic rings. The Bertz CT molecular complexity index is 566. The fraction of sp³-hybridized carbons (Fsp3) is 0.667. The Labute approximate surface area is 152 Å². The van der Waals surface area contributed by atoms with Gasteiger partial charge in [-0.1, -0.05) is 37.1 Å². The van der Waals surface area contributed by atoms with E-state index in [1.165, 1.54) is 49.9 Å². The van der Waals surface area contributed by atoms with Crippen LogP contribution < -0.4 is 0 Å². The summed E-state index contributed by atoms with van der Waals surface area (Å²) in [7, 11) is 4.04. The van der Waals surface area contributed by atoms with E-state index in [0.29, 0.717) is 0 Å². The van der Waals surface area contributed by atoms with Crippen molar-refractivity contribution in [2.24, 2.45) is 0 Å². The SMILES string of the molecule is CN(CCCN1CCCCCC1)C(=O)C1Cc2ccccc2CN1C. The van der Waals surface area contributed by atoms with Crippen LogP contribution in [0.25, 0.3) is 0 Å². The third kappa shape index (κ3) is 4.83. The van der Waals surface area contributed by atoms with Crippen molar-refractivity contribution in [3.05, 3.63) is 35.4 Å². The second kappa shape index (κ2) is 8.81. The first-order chi connectivity index (χ1) is 12.1. The molecule has 2 aliphatic rings. The lowest BCUT2D eigenvalue weighted by atomic mass is 9.94. The molecule has 0 N–H and O–H groups in total. The van der Waals surface area contributed by atoms with E-state index in [1.54, 1.807) is 0 Å². The number of hydrogen-bond donors (Lipinski definition) is 0. The van der Waals surface area contributed by atoms with Gasteiger partial charge >= 0.3 is 0 Å². The first-order valence-corrected chi connectivity index (χ1v) is 9.89. The lowest BCUT2D eigenvalue weighted by molar-refractivity contribution is -0.135. The lowest BCUT2D eigenvalue weighted by Gasteiger charge is -2.35. The summed E-state index contributed by atoms with van der Waals surface area (Å²) >= 11 is 0. The molecule has 4 nitrogen and oxygen atoms in total. The van der Waals surface area contributed by atoms with E-state index in [-0.39, 0.29) is 11.9 Å². The Hall–Kier alpha value is -1.39. The molecule has 0 aliphatic carbocycles. The van der Waals surface area contributed by atoms with Crippen molar-refractivity contribution < 1.29 is 4.79 Å². The van der Waals surface area contributed by atoms with E-state index in [9.17, 15) is 4.79 Å². The maximum Gasteiger partial charge on any atom is 0.240 e. The molecule has 138 valence electrons. The van der Waals surface area contributed by atoms with Gasteiger partial charge in [0.1, 0.15) is 0 Å². The van der Waals surface area contributed by atoms with Crippen LogP contribution in [0, 0.1) is 0 Å². The van der Waals surface area contributed by atoms with Gasteiger partial charge in [0, 0.05) is 20.1 Å². The quantitative estimate of drug-likeness (QED) is 0.822. The first-order valence-electron chi connectivity index (χ1n) is 9.89. The maximum atomic E-state index is 12.9. The molecule has 3 rings (SSSR count). The van der Waals surface area contributed by atoms with Gasteiger partial charge in [0.15, 0.2) is 0 Å². The predicted octanol–water partition coefficient (Wildman–Crippen LogP) is 2.77. The van der Waals surface area contributed by atoms with Gasteiger partial charge in [-0.25, -0.2) is 0 Å². The summed E-state index contributed by atoms with van der Waals surface area (Å²) in [5.41, 5.74) is 2.69. The standard InChI is InChI=1S/C21H33N3O/c1-22(12-9-15-24-13-7-3-4-8-14-24)21(25)20-16-18-10-5-6-11-19(18)17-23(20)2/h5-6,10-11,20H,3-4,7-9,12-17H2,1-2H3. The Morgan fingerprint density at radius 1 is 1.12 bits per heavy atom. The summed E-state index contributed by atoms with van der Waals surface area (Å²) in [4.78, 5) is 19.7. The van der Waals surface area contributed by atoms with Gasteiger partial charge in [-0.2, -0.15) is 0 Å². The Morgan fingerprint density at radius 3 is 2.52 bits per heavy atom. The zero-order valence-electron chi connectivity index (χ0n) is 15.9. The largest absolute Gasteiger partial charge is 0.344 e. The van der Waals surface area contributed by atoms with Gasteiger partial charge in [0.25, 0.3) is 0 Å². The molecule has 1 atom stereocenters. The normalized spacial score (nSPS) is 22.2. The molecule has 0 saturated carbocycles. The third-order valence-electron chi connectivity index (χ3n) is 5.81. The highest BCUT2D eigenvalue weighted by atomic mass is 16.2. The van der Waals surface area contributed by atoms with E-state index < -0.39 is 0 Å². The van der Waals surface area contributed by atoms with Crippen LogP contribution in [0.1, 0.15) is 43.2 Å². The first kappa shape index (κ1) is 18.4. The third-order valence-corrected chi connectivity index (χ3v) is 5.81. The Balaban J connectivity index is 1.48. The van der Waals surface area contributed by atoms with Gasteiger partial charge in [0.05, 0.1) is 6.04 Å². The lowest BCUT2D eigenvalue weighted by Crippen LogP contribution is -2.49. The average Bonchev–Trinajstić information content (AvgIpc) is 2.89. The molecule has 1 amide bonds. The highest BCUT2D eigenvalue weighted by Crippen LogP contribution is 2.23. The number of nitrogens with zero attached hydrogens (tertiary/aromatic N) is 3. The van der Waals surface area contributed by atoms with Crippen LogP contribution in [0.2, 0.25) is 0 Å². The van der Waals surface area contributed by atoms with Crippen molar-refractivity contribution in [1.29, 1.82) is 0 Å². The number of carbonyl (C=O) groups excluding carboxylic acids is 1. The number of likely N-dealkylation sites (tertiary alicyclic amines) is 1. The van der Waals surface area contributed by atoms with Crippen LogP contribution in [0.5, 0.6) is 0 Å². The van der Waals surface area contributed by atoms with Crippen molar-refractivity contribution >= 4 is 5.91 Å². The number of fused-ring (bicyclic) bond motifs is 1. The number of carbonyl (C=O) groups is 1. The van der Waals surface area contributed by atoms with Crippen LogP contribution in [0.15, 0.2) is 24.3 Å². The molecule has 2 heterocycles. The van der Waals surface area contributed by atoms with E-state index in [1.807, 2.05) is 11.9 Å². The minimum Gasteiger partial charge on any atom is -0.344 e. The van der Waals surface area contributed by atoms with Crippen LogP contribution in [-0.2, 0) is 17.8 Å². The van der Waals surface area contributed by atoms with Gasteiger partial charge in [-0.05, 0) is 63.5 Å². The Kier molecular flexibility index (Phi) is 6.49. The average molecular weight is 344 g/mol. The topological polar surface area (TPSA) is 26.8 Å². The molecule has 0 aromatic heterocycles. The van der Waals surface area contributed by atoms with Gasteiger partial charge in [0.2, 0.25) is 5.91 Å². The summed E-state index contributed by atoms with van der Waals surface area (Å²) in [6, 6.07) is 8.50. The smallest absolute Gasteiger partial charge is 0.240 e. The summed E-state index contributed by atoms with van der Waals surface area (Å²) in [6.07, 6.45) is 7.34. The minimum atomic E-state index is -0.0157. The zero-order valence-corrected chi connectivity index (χ0v) is 15.9. The summed E-state index contributed by atoms with van der Waals surface area (Å²) in [6.45, 7) is 5.33. The number of amides is 1. The number of hydrogen-bond acceptors (Lipinski definition) is 3. The molecule has 2 aliphatic heterocycles. The van der Waals surface area contributed by atoms with Gasteiger partial charge in [-0.15, -0.1) is 0 Å². The molecule has 0 bridgehead atoms. The molecule has 1 aromatic carbocycles. The molecule has 1 unspecified atom stereocenters. The van der Waals surface area contributed by atoms with Crippen LogP contribution in [0.4, 0.5) is 0 Å². The predicted molar refractivity (Wildman–Crippen MR) is 103 cm³/mol. The number of benzene rings is 1. The fourth-order valence-electron chi connectivity index (χ4n) is 4.19. The summed E-state index contributed by atoms with van der Waals surface area (Å²) in [5, 5.41) is 0. The zero-order chi connectivity index (χ0) is 17.6. The Morgan fingerprint density at radius 2 is 1.80 bits per heavy atom. The van der Waals surface area contributed by atoms with Crippen LogP contribution >= 0.6 is 0 Å². The second-order valence-corrected chi connectivity index (χ2v) is 7.77. The number of likely N-dealkylation sites (N-methyl/N-ethyl adjacent to an activating group) is 2. The van der Waals surface area contributed by atoms with Crippen molar-refractivity contribution in [3.8, 4) is 0 Å². The van der Waals surface area contributed by atoms with Gasteiger partial charge < -0.3 is 9.80 Å². The van der Waals surface area contributed by atoms with Gasteiger partial charge in [-0.3, -0.25) is 9.69 Å². The molecule has 0 radical (unpaired) electrons. The van der Waals surface area contributed by atoms with E-state index in [4.69, 9.17) is 0 Å². The monoisotopic (exact) mass is 343 g/mol. The van der Waals surface area contributed by atoms with Crippen molar-refractivity contribution in [3.63, 3.8) is 0 Å². The minimum absolute atomic E-state index is 0.0157. The van der Waals surface area contributed by atoms with Crippen molar-refractivity contribution in [2.45, 2.75) is 51.1 Å². The molecular weight excluding hydrogens is 310 g/mol. The fourth-order valence-corrected chi connectivity index (χ4v) is 4.19. The maximum absolute atomic E-state index is 12.9. The van der Waals surface area contributed by atoms with Crippen molar-refractivity contribution in [1.82, 2.24) is 14.7 Å². The molecular formula is C21H33N3O. The summed E-state index contributed by atoms with van der Waals surface area (Å²) < 4.78 is 0. The molecule has 1 saturated heterocycles. The highest BCUT2D eigenvalue weighted by molar-refractivity contribution is 5.82. The van der Waals surface area contributed by atoms with Crippen LogP contribution in [-0.4, -0.2) is 66.9 Å². The molecule has 1 fully saturated rings. The molecule has 0 spiro atoms. The molecule has 4 heteroatoms. The second-order valence-electron chi connectivity index (χ2n) is 7.77. The molecule has 25 heavy (non-hydrogen) atoms. The van der Waals surface area contributed by atoms with Crippen LogP contribution in [0.3, 0.4) is 0 Å². The van der Waals surface area contributed by atoms with E-state index in [2.05, 4.69) is 41.1 Å². The van der Waals surface area contributed by atoms with E-state index >= 15 is 0 Å². The number of rotatable bonds is 5.